The van der Waals surface area contributed by atoms with Crippen LogP contribution >= 0.6 is 0 Å². The Kier molecular flexibility index (Phi) is 7.25. The van der Waals surface area contributed by atoms with E-state index >= 15 is 8.78 Å². The van der Waals surface area contributed by atoms with Crippen molar-refractivity contribution in [1.82, 2.24) is 24.4 Å². The van der Waals surface area contributed by atoms with Gasteiger partial charge < -0.3 is 15.1 Å². The average Bonchev–Trinajstić information content (AvgIpc) is 2.98. The number of piperazine rings is 1. The van der Waals surface area contributed by atoms with Crippen molar-refractivity contribution in [2.75, 3.05) is 36.4 Å². The van der Waals surface area contributed by atoms with E-state index in [4.69, 9.17) is 4.98 Å². The Bertz CT molecular complexity index is 1870. The largest absolute Gasteiger partial charge is 0.381 e. The van der Waals surface area contributed by atoms with Crippen LogP contribution in [0.4, 0.5) is 20.3 Å². The minimum Gasteiger partial charge on any atom is -0.381 e. The zero-order valence-corrected chi connectivity index (χ0v) is 24.1. The van der Waals surface area contributed by atoms with E-state index in [1.807, 2.05) is 37.8 Å². The second-order valence-corrected chi connectivity index (χ2v) is 11.0. The highest BCUT2D eigenvalue weighted by atomic mass is 19.1. The van der Waals surface area contributed by atoms with E-state index in [1.54, 1.807) is 29.3 Å². The molecular weight excluding hydrogens is 552 g/mol. The highest BCUT2D eigenvalue weighted by Crippen LogP contribution is 2.37. The number of anilines is 2. The van der Waals surface area contributed by atoms with Crippen molar-refractivity contribution < 1.29 is 13.6 Å². The van der Waals surface area contributed by atoms with E-state index in [2.05, 4.69) is 21.9 Å². The van der Waals surface area contributed by atoms with Crippen LogP contribution in [0.15, 0.2) is 60.1 Å². The smallest absolute Gasteiger partial charge is 0.355 e. The van der Waals surface area contributed by atoms with Gasteiger partial charge in [0.1, 0.15) is 17.3 Å². The Morgan fingerprint density at radius 3 is 2.72 bits per heavy atom. The second kappa shape index (κ2) is 11.0. The van der Waals surface area contributed by atoms with Crippen molar-refractivity contribution in [2.24, 2.45) is 0 Å². The molecule has 220 valence electrons. The fourth-order valence-corrected chi connectivity index (χ4v) is 5.86. The number of aromatic nitrogens is 4. The molecule has 1 amide bonds. The first-order valence-corrected chi connectivity index (χ1v) is 14.2. The molecule has 1 saturated heterocycles. The summed E-state index contributed by atoms with van der Waals surface area (Å²) in [4.78, 5) is 43.7. The molecule has 1 aromatic carbocycles. The molecule has 1 fully saturated rings. The summed E-state index contributed by atoms with van der Waals surface area (Å²) in [6, 6.07) is 7.28. The predicted molar refractivity (Wildman–Crippen MR) is 163 cm³/mol. The molecule has 11 heteroatoms. The number of nitrogens with zero attached hydrogens (tertiary/aromatic N) is 6. The maximum atomic E-state index is 16.1. The summed E-state index contributed by atoms with van der Waals surface area (Å²) < 4.78 is 32.9. The van der Waals surface area contributed by atoms with Crippen LogP contribution in [0.1, 0.15) is 37.9 Å². The molecular formula is C32H31F2N7O2. The van der Waals surface area contributed by atoms with Gasteiger partial charge in [-0.1, -0.05) is 38.6 Å². The number of carbonyl (C=O) groups excluding carboxylic acids is 1. The lowest BCUT2D eigenvalue weighted by atomic mass is 10.0. The molecule has 43 heavy (non-hydrogen) atoms. The van der Waals surface area contributed by atoms with Gasteiger partial charge in [-0.3, -0.25) is 9.78 Å². The molecule has 0 saturated carbocycles. The van der Waals surface area contributed by atoms with Crippen LogP contribution < -0.4 is 15.9 Å². The Morgan fingerprint density at radius 2 is 1.98 bits per heavy atom. The van der Waals surface area contributed by atoms with E-state index in [-0.39, 0.29) is 46.0 Å². The number of fused-ring (bicyclic) bond motifs is 5. The second-order valence-electron chi connectivity index (χ2n) is 11.0. The van der Waals surface area contributed by atoms with Crippen LogP contribution in [0.25, 0.3) is 34.1 Å². The Hall–Kier alpha value is -4.93. The molecule has 0 unspecified atom stereocenters. The van der Waals surface area contributed by atoms with Gasteiger partial charge in [-0.05, 0) is 43.2 Å². The summed E-state index contributed by atoms with van der Waals surface area (Å²) in [6.45, 7) is 10.8. The van der Waals surface area contributed by atoms with Crippen molar-refractivity contribution in [2.45, 2.75) is 32.7 Å². The maximum absolute atomic E-state index is 16.1. The SMILES string of the molecule is C=CC(=O)N1CCN(c2nc(=O)n3c4nc(c(F)cc24)-c2c(F)cccc2NC/C=C/c2ccnc(C(C)C)c2-3)[C@@H](C)C1. The minimum atomic E-state index is -0.759. The van der Waals surface area contributed by atoms with Crippen LogP contribution in [0.2, 0.25) is 0 Å². The molecule has 2 bridgehead atoms. The van der Waals surface area contributed by atoms with Crippen molar-refractivity contribution in [3.8, 4) is 16.9 Å². The summed E-state index contributed by atoms with van der Waals surface area (Å²) in [6.07, 6.45) is 6.67. The highest BCUT2D eigenvalue weighted by molar-refractivity contribution is 5.92. The average molecular weight is 584 g/mol. The summed E-state index contributed by atoms with van der Waals surface area (Å²) in [5.41, 5.74) is 1.43. The highest BCUT2D eigenvalue weighted by Gasteiger charge is 2.31. The Balaban J connectivity index is 1.69. The van der Waals surface area contributed by atoms with Gasteiger partial charge in [0.05, 0.1) is 22.3 Å². The molecule has 0 aliphatic carbocycles. The zero-order chi connectivity index (χ0) is 30.4. The number of pyridine rings is 2. The molecule has 2 aliphatic heterocycles. The molecule has 9 nitrogen and oxygen atoms in total. The lowest BCUT2D eigenvalue weighted by Crippen LogP contribution is -2.54. The standard InChI is InChI=1S/C32H31F2N7O2/c1-5-25(42)39-14-15-40(19(4)17-39)30-21-16-23(34)28-26-22(33)9-6-10-24(26)35-12-7-8-20-11-13-36-27(18(2)3)29(20)41(31(21)37-28)32(43)38-30/h5-11,13,16,18-19,35H,1,12,14-15,17H2,2-4H3/b8-7+/t19-/m0/s1. The summed E-state index contributed by atoms with van der Waals surface area (Å²) in [5.74, 6) is -1.43. The number of hydrogen-bond acceptors (Lipinski definition) is 7. The van der Waals surface area contributed by atoms with Crippen LogP contribution in [0.3, 0.4) is 0 Å². The number of halogens is 2. The number of amides is 1. The lowest BCUT2D eigenvalue weighted by molar-refractivity contribution is -0.126. The third kappa shape index (κ3) is 4.84. The van der Waals surface area contributed by atoms with Gasteiger partial charge in [-0.25, -0.2) is 23.1 Å². The molecule has 6 rings (SSSR count). The monoisotopic (exact) mass is 583 g/mol. The Morgan fingerprint density at radius 1 is 1.16 bits per heavy atom. The third-order valence-electron chi connectivity index (χ3n) is 7.90. The minimum absolute atomic E-state index is 0.0337. The molecule has 4 aromatic rings. The normalized spacial score (nSPS) is 17.1. The molecule has 0 spiro atoms. The van der Waals surface area contributed by atoms with Crippen molar-refractivity contribution in [3.05, 3.63) is 88.6 Å². The molecule has 1 atom stereocenters. The molecule has 5 heterocycles. The van der Waals surface area contributed by atoms with E-state index in [0.29, 0.717) is 48.8 Å². The third-order valence-corrected chi connectivity index (χ3v) is 7.90. The maximum Gasteiger partial charge on any atom is 0.355 e. The molecule has 1 N–H and O–H groups in total. The number of rotatable bonds is 3. The lowest BCUT2D eigenvalue weighted by Gasteiger charge is -2.40. The first-order valence-electron chi connectivity index (χ1n) is 14.2. The summed E-state index contributed by atoms with van der Waals surface area (Å²) in [5, 5.41) is 3.46. The van der Waals surface area contributed by atoms with E-state index < -0.39 is 17.3 Å². The van der Waals surface area contributed by atoms with Crippen LogP contribution in [-0.2, 0) is 4.79 Å². The van der Waals surface area contributed by atoms with Crippen LogP contribution in [-0.4, -0.2) is 62.5 Å². The van der Waals surface area contributed by atoms with Gasteiger partial charge in [0.25, 0.3) is 0 Å². The van der Waals surface area contributed by atoms with Gasteiger partial charge in [-0.2, -0.15) is 4.98 Å². The number of hydrogen-bond donors (Lipinski definition) is 1. The van der Waals surface area contributed by atoms with Crippen molar-refractivity contribution in [1.29, 1.82) is 0 Å². The summed E-state index contributed by atoms with van der Waals surface area (Å²) in [7, 11) is 0. The van der Waals surface area contributed by atoms with Crippen molar-refractivity contribution >= 4 is 34.5 Å². The fraction of sp³-hybridized carbons (Fsp3) is 0.281. The van der Waals surface area contributed by atoms with E-state index in [0.717, 1.165) is 0 Å². The molecule has 3 aromatic heterocycles. The first-order chi connectivity index (χ1) is 20.7. The number of carbonyl (C=O) groups is 1. The van der Waals surface area contributed by atoms with E-state index in [1.165, 1.54) is 22.8 Å². The molecule has 0 radical (unpaired) electrons. The number of nitrogens with one attached hydrogen (secondary N) is 1. The predicted octanol–water partition coefficient (Wildman–Crippen LogP) is 4.91. The zero-order valence-electron chi connectivity index (χ0n) is 24.1. The topological polar surface area (TPSA) is 96.3 Å². The fourth-order valence-electron chi connectivity index (χ4n) is 5.86. The van der Waals surface area contributed by atoms with Crippen LogP contribution in [0.5, 0.6) is 0 Å². The van der Waals surface area contributed by atoms with Crippen LogP contribution in [0, 0.1) is 11.6 Å². The first kappa shape index (κ1) is 28.2. The van der Waals surface area contributed by atoms with Gasteiger partial charge >= 0.3 is 5.69 Å². The molecule has 2 aliphatic rings. The van der Waals surface area contributed by atoms with E-state index in [9.17, 15) is 9.59 Å². The van der Waals surface area contributed by atoms with Gasteiger partial charge in [-0.15, -0.1) is 0 Å². The van der Waals surface area contributed by atoms with Crippen molar-refractivity contribution in [3.63, 3.8) is 0 Å². The van der Waals surface area contributed by atoms with Gasteiger partial charge in [0.15, 0.2) is 11.5 Å². The van der Waals surface area contributed by atoms with Gasteiger partial charge in [0, 0.05) is 49.7 Å². The summed E-state index contributed by atoms with van der Waals surface area (Å²) >= 11 is 0. The number of benzene rings is 1. The Labute approximate surface area is 247 Å². The van der Waals surface area contributed by atoms with Gasteiger partial charge in [0.2, 0.25) is 5.91 Å². The quantitative estimate of drug-likeness (QED) is 0.343.